The van der Waals surface area contributed by atoms with Crippen LogP contribution in [0.25, 0.3) is 0 Å². The Kier molecular flexibility index (Phi) is 2.32. The molecular weight excluding hydrogens is 170 g/mol. The van der Waals surface area contributed by atoms with Gasteiger partial charge >= 0.3 is 0 Å². The van der Waals surface area contributed by atoms with Crippen molar-refractivity contribution in [2.24, 2.45) is 5.73 Å². The molecule has 0 saturated carbocycles. The zero-order valence-electron chi connectivity index (χ0n) is 8.16. The second kappa shape index (κ2) is 3.20. The molecule has 3 atom stereocenters. The predicted molar refractivity (Wildman–Crippen MR) is 47.2 cm³/mol. The molecule has 0 spiro atoms. The summed E-state index contributed by atoms with van der Waals surface area (Å²) in [5.74, 6) is -0.476. The van der Waals surface area contributed by atoms with Crippen LogP contribution in [0.2, 0.25) is 0 Å². The van der Waals surface area contributed by atoms with Crippen molar-refractivity contribution in [1.82, 2.24) is 0 Å². The van der Waals surface area contributed by atoms with Crippen molar-refractivity contribution < 1.29 is 14.2 Å². The fourth-order valence-corrected chi connectivity index (χ4v) is 2.03. The highest BCUT2D eigenvalue weighted by molar-refractivity contribution is 4.90. The topological polar surface area (TPSA) is 53.7 Å². The van der Waals surface area contributed by atoms with E-state index in [-0.39, 0.29) is 18.3 Å². The van der Waals surface area contributed by atoms with Gasteiger partial charge in [-0.05, 0) is 20.3 Å². The van der Waals surface area contributed by atoms with E-state index >= 15 is 0 Å². The van der Waals surface area contributed by atoms with Crippen molar-refractivity contribution in [3.8, 4) is 0 Å². The lowest BCUT2D eigenvalue weighted by Crippen LogP contribution is -2.46. The zero-order chi connectivity index (χ0) is 9.47. The second-order valence-electron chi connectivity index (χ2n) is 4.07. The lowest BCUT2D eigenvalue weighted by Gasteiger charge is -2.30. The van der Waals surface area contributed by atoms with E-state index < -0.39 is 5.79 Å². The van der Waals surface area contributed by atoms with Gasteiger partial charge in [-0.15, -0.1) is 0 Å². The molecule has 0 radical (unpaired) electrons. The van der Waals surface area contributed by atoms with Crippen LogP contribution in [0.4, 0.5) is 0 Å². The van der Waals surface area contributed by atoms with Crippen LogP contribution < -0.4 is 5.73 Å². The number of rotatable bonds is 1. The van der Waals surface area contributed by atoms with Crippen LogP contribution >= 0.6 is 0 Å². The van der Waals surface area contributed by atoms with E-state index in [9.17, 15) is 0 Å². The average molecular weight is 187 g/mol. The standard InChI is InChI=1S/C9H17NO3/c1-9(2)12-6-3-4-11-7(5-10)8(6)13-9/h6-8H,3-5,10H2,1-2H3/t6-,7?,8-/m1/s1. The maximum Gasteiger partial charge on any atom is 0.163 e. The van der Waals surface area contributed by atoms with Gasteiger partial charge in [0.25, 0.3) is 0 Å². The fraction of sp³-hybridized carbons (Fsp3) is 1.00. The van der Waals surface area contributed by atoms with E-state index in [1.807, 2.05) is 13.8 Å². The van der Waals surface area contributed by atoms with Crippen molar-refractivity contribution in [2.75, 3.05) is 13.2 Å². The highest BCUT2D eigenvalue weighted by Gasteiger charge is 2.46. The van der Waals surface area contributed by atoms with Gasteiger partial charge in [-0.3, -0.25) is 0 Å². The number of hydrogen-bond donors (Lipinski definition) is 1. The Bertz CT molecular complexity index is 195. The van der Waals surface area contributed by atoms with Gasteiger partial charge in [-0.25, -0.2) is 0 Å². The van der Waals surface area contributed by atoms with Gasteiger partial charge in [0.05, 0.1) is 12.2 Å². The van der Waals surface area contributed by atoms with E-state index in [1.165, 1.54) is 0 Å². The van der Waals surface area contributed by atoms with Crippen molar-refractivity contribution in [2.45, 2.75) is 44.4 Å². The first-order valence-corrected chi connectivity index (χ1v) is 4.80. The highest BCUT2D eigenvalue weighted by Crippen LogP contribution is 2.34. The molecule has 1 unspecified atom stereocenters. The smallest absolute Gasteiger partial charge is 0.163 e. The monoisotopic (exact) mass is 187 g/mol. The summed E-state index contributed by atoms with van der Waals surface area (Å²) in [6.07, 6.45) is 1.09. The van der Waals surface area contributed by atoms with Gasteiger partial charge in [-0.1, -0.05) is 0 Å². The third-order valence-electron chi connectivity index (χ3n) is 2.55. The van der Waals surface area contributed by atoms with Gasteiger partial charge in [-0.2, -0.15) is 0 Å². The maximum absolute atomic E-state index is 5.73. The summed E-state index contributed by atoms with van der Waals surface area (Å²) in [7, 11) is 0. The minimum atomic E-state index is -0.476. The Morgan fingerprint density at radius 1 is 1.38 bits per heavy atom. The molecule has 0 aromatic rings. The first-order valence-electron chi connectivity index (χ1n) is 4.80. The number of hydrogen-bond acceptors (Lipinski definition) is 4. The van der Waals surface area contributed by atoms with E-state index in [0.29, 0.717) is 6.54 Å². The fourth-order valence-electron chi connectivity index (χ4n) is 2.03. The molecule has 0 aliphatic carbocycles. The van der Waals surface area contributed by atoms with E-state index in [4.69, 9.17) is 19.9 Å². The van der Waals surface area contributed by atoms with Gasteiger partial charge < -0.3 is 19.9 Å². The van der Waals surface area contributed by atoms with Crippen LogP contribution in [0.15, 0.2) is 0 Å². The Balaban J connectivity index is 2.08. The summed E-state index contributed by atoms with van der Waals surface area (Å²) in [6.45, 7) is 5.08. The highest BCUT2D eigenvalue weighted by atomic mass is 16.8. The lowest BCUT2D eigenvalue weighted by atomic mass is 10.0. The molecule has 2 saturated heterocycles. The van der Waals surface area contributed by atoms with Gasteiger partial charge in [0.2, 0.25) is 0 Å². The minimum absolute atomic E-state index is 0.000486. The number of ether oxygens (including phenoxy) is 3. The Morgan fingerprint density at radius 2 is 2.15 bits per heavy atom. The Labute approximate surface area is 78.3 Å². The molecular formula is C9H17NO3. The lowest BCUT2D eigenvalue weighted by molar-refractivity contribution is -0.152. The van der Waals surface area contributed by atoms with Gasteiger partial charge in [0, 0.05) is 13.2 Å². The molecule has 13 heavy (non-hydrogen) atoms. The average Bonchev–Trinajstić information content (AvgIpc) is 2.37. The zero-order valence-corrected chi connectivity index (χ0v) is 8.16. The summed E-state index contributed by atoms with van der Waals surface area (Å²) < 4.78 is 17.0. The molecule has 76 valence electrons. The van der Waals surface area contributed by atoms with Crippen LogP contribution in [0.3, 0.4) is 0 Å². The molecule has 0 amide bonds. The molecule has 4 nitrogen and oxygen atoms in total. The predicted octanol–water partition coefficient (Wildman–Crippen LogP) is 0.254. The summed E-state index contributed by atoms with van der Waals surface area (Å²) in [6, 6.07) is 0. The van der Waals surface area contributed by atoms with Crippen molar-refractivity contribution in [1.29, 1.82) is 0 Å². The summed E-state index contributed by atoms with van der Waals surface area (Å²) in [4.78, 5) is 0. The van der Waals surface area contributed by atoms with Gasteiger partial charge in [0.1, 0.15) is 6.10 Å². The molecule has 2 fully saturated rings. The summed E-state index contributed by atoms with van der Waals surface area (Å²) in [5.41, 5.74) is 5.59. The molecule has 0 aromatic heterocycles. The van der Waals surface area contributed by atoms with Crippen LogP contribution in [0, 0.1) is 0 Å². The quantitative estimate of drug-likeness (QED) is 0.639. The third kappa shape index (κ3) is 1.72. The first-order chi connectivity index (χ1) is 6.12. The molecule has 2 aliphatic heterocycles. The number of fused-ring (bicyclic) bond motifs is 1. The molecule has 2 heterocycles. The molecule has 2 rings (SSSR count). The maximum atomic E-state index is 5.73. The largest absolute Gasteiger partial charge is 0.374 e. The Hall–Kier alpha value is -0.160. The van der Waals surface area contributed by atoms with Crippen LogP contribution in [0.1, 0.15) is 20.3 Å². The molecule has 0 bridgehead atoms. The van der Waals surface area contributed by atoms with E-state index in [1.54, 1.807) is 0 Å². The van der Waals surface area contributed by atoms with Crippen LogP contribution in [0.5, 0.6) is 0 Å². The summed E-state index contributed by atoms with van der Waals surface area (Å²) in [5, 5.41) is 0. The van der Waals surface area contributed by atoms with Crippen LogP contribution in [-0.2, 0) is 14.2 Å². The number of nitrogens with two attached hydrogens (primary N) is 1. The summed E-state index contributed by atoms with van der Waals surface area (Å²) >= 11 is 0. The molecule has 2 aliphatic rings. The third-order valence-corrected chi connectivity index (χ3v) is 2.55. The van der Waals surface area contributed by atoms with Crippen LogP contribution in [-0.4, -0.2) is 37.3 Å². The minimum Gasteiger partial charge on any atom is -0.374 e. The van der Waals surface area contributed by atoms with Gasteiger partial charge in [0.15, 0.2) is 5.79 Å². The molecule has 0 aromatic carbocycles. The first kappa shape index (κ1) is 9.40. The normalized spacial score (nSPS) is 43.2. The SMILES string of the molecule is CC1(C)O[C@@H]2CCOC(CN)[C@@H]2O1. The van der Waals surface area contributed by atoms with Crippen molar-refractivity contribution in [3.63, 3.8) is 0 Å². The molecule has 4 heteroatoms. The van der Waals surface area contributed by atoms with E-state index in [0.717, 1.165) is 13.0 Å². The Morgan fingerprint density at radius 3 is 2.85 bits per heavy atom. The van der Waals surface area contributed by atoms with Crippen molar-refractivity contribution in [3.05, 3.63) is 0 Å². The second-order valence-corrected chi connectivity index (χ2v) is 4.07. The van der Waals surface area contributed by atoms with Crippen molar-refractivity contribution >= 4 is 0 Å². The molecule has 2 N–H and O–H groups in total. The van der Waals surface area contributed by atoms with E-state index in [2.05, 4.69) is 0 Å².